The molecule has 0 spiro atoms. The number of thioether (sulfide) groups is 2. The summed E-state index contributed by atoms with van der Waals surface area (Å²) in [6.07, 6.45) is 0. The largest absolute Gasteiger partial charge is 0.396 e. The van der Waals surface area contributed by atoms with Gasteiger partial charge >= 0.3 is 0 Å². The number of aliphatic hydroxyl groups is 1. The van der Waals surface area contributed by atoms with E-state index in [1.807, 2.05) is 30.0 Å². The summed E-state index contributed by atoms with van der Waals surface area (Å²) in [5.41, 5.74) is 1.05. The van der Waals surface area contributed by atoms with E-state index in [0.29, 0.717) is 5.75 Å². The van der Waals surface area contributed by atoms with E-state index < -0.39 is 0 Å². The minimum atomic E-state index is 0.00812. The fourth-order valence-electron chi connectivity index (χ4n) is 1.55. The van der Waals surface area contributed by atoms with Crippen molar-refractivity contribution in [1.82, 2.24) is 0 Å². The molecule has 1 aliphatic heterocycles. The highest BCUT2D eigenvalue weighted by Gasteiger charge is 2.31. The van der Waals surface area contributed by atoms with Gasteiger partial charge in [-0.2, -0.15) is 0 Å². The Morgan fingerprint density at radius 2 is 2.12 bits per heavy atom. The first-order valence-corrected chi connectivity index (χ1v) is 7.04. The summed E-state index contributed by atoms with van der Waals surface area (Å²) in [7, 11) is 0. The van der Waals surface area contributed by atoms with E-state index in [9.17, 15) is 0 Å². The van der Waals surface area contributed by atoms with Crippen LogP contribution in [0.1, 0.15) is 13.8 Å². The van der Waals surface area contributed by atoms with E-state index in [0.717, 1.165) is 10.7 Å². The lowest BCUT2D eigenvalue weighted by Crippen LogP contribution is -2.27. The molecule has 1 aromatic rings. The Morgan fingerprint density at radius 1 is 1.38 bits per heavy atom. The third-order valence-electron chi connectivity index (χ3n) is 2.30. The molecule has 0 saturated heterocycles. The highest BCUT2D eigenvalue weighted by atomic mass is 32.2. The summed E-state index contributed by atoms with van der Waals surface area (Å²) >= 11 is 3.49. The lowest BCUT2D eigenvalue weighted by molar-refractivity contribution is 0.323. The molecular weight excluding hydrogens is 238 g/mol. The summed E-state index contributed by atoms with van der Waals surface area (Å²) < 4.78 is 0.00812. The molecule has 4 heteroatoms. The van der Waals surface area contributed by atoms with Crippen molar-refractivity contribution in [3.05, 3.63) is 24.3 Å². The van der Waals surface area contributed by atoms with Crippen LogP contribution in [0.3, 0.4) is 0 Å². The smallest absolute Gasteiger partial charge is 0.0899 e. The van der Waals surface area contributed by atoms with Gasteiger partial charge in [-0.25, -0.2) is 4.99 Å². The maximum absolute atomic E-state index is 8.88. The zero-order valence-corrected chi connectivity index (χ0v) is 11.1. The van der Waals surface area contributed by atoms with Gasteiger partial charge in [0, 0.05) is 10.6 Å². The van der Waals surface area contributed by atoms with Crippen LogP contribution in [0, 0.1) is 0 Å². The summed E-state index contributed by atoms with van der Waals surface area (Å²) in [6, 6.07) is 8.20. The van der Waals surface area contributed by atoms with E-state index in [2.05, 4.69) is 24.9 Å². The molecule has 0 aromatic heterocycles. The molecule has 2 rings (SSSR count). The fourth-order valence-corrected chi connectivity index (χ4v) is 3.69. The minimum Gasteiger partial charge on any atom is -0.396 e. The molecule has 0 radical (unpaired) electrons. The van der Waals surface area contributed by atoms with Gasteiger partial charge in [0.05, 0.1) is 22.1 Å². The predicted octanol–water partition coefficient (Wildman–Crippen LogP) is 3.33. The molecule has 0 amide bonds. The molecule has 0 fully saturated rings. The van der Waals surface area contributed by atoms with E-state index in [1.54, 1.807) is 11.8 Å². The Morgan fingerprint density at radius 3 is 2.88 bits per heavy atom. The molecule has 1 aliphatic rings. The lowest BCUT2D eigenvalue weighted by Gasteiger charge is -2.30. The third-order valence-corrected chi connectivity index (χ3v) is 4.96. The molecule has 16 heavy (non-hydrogen) atoms. The molecular formula is C12H15NOS2. The van der Waals surface area contributed by atoms with Crippen LogP contribution in [-0.2, 0) is 0 Å². The molecule has 1 N–H and O–H groups in total. The number of benzene rings is 1. The van der Waals surface area contributed by atoms with Crippen LogP contribution < -0.4 is 0 Å². The van der Waals surface area contributed by atoms with Crippen molar-refractivity contribution in [1.29, 1.82) is 0 Å². The second-order valence-corrected chi connectivity index (χ2v) is 6.82. The number of para-hydroxylation sites is 1. The van der Waals surface area contributed by atoms with Crippen LogP contribution in [0.25, 0.3) is 0 Å². The molecule has 1 aromatic carbocycles. The maximum atomic E-state index is 8.88. The van der Waals surface area contributed by atoms with Gasteiger partial charge in [-0.1, -0.05) is 12.1 Å². The summed E-state index contributed by atoms with van der Waals surface area (Å²) in [5, 5.41) is 9.98. The van der Waals surface area contributed by atoms with Crippen LogP contribution in [-0.4, -0.2) is 27.3 Å². The first-order valence-electron chi connectivity index (χ1n) is 5.24. The van der Waals surface area contributed by atoms with Crippen molar-refractivity contribution in [3.63, 3.8) is 0 Å². The molecule has 0 unspecified atom stereocenters. The first kappa shape index (κ1) is 12.0. The Bertz CT molecular complexity index is 415. The summed E-state index contributed by atoms with van der Waals surface area (Å²) in [5.74, 6) is 0.713. The number of nitrogens with zero attached hydrogens (tertiary/aromatic N) is 1. The van der Waals surface area contributed by atoms with Gasteiger partial charge in [0.1, 0.15) is 0 Å². The van der Waals surface area contributed by atoms with E-state index in [1.165, 1.54) is 4.90 Å². The van der Waals surface area contributed by atoms with Gasteiger partial charge in [0.25, 0.3) is 0 Å². The van der Waals surface area contributed by atoms with Crippen molar-refractivity contribution < 1.29 is 5.11 Å². The van der Waals surface area contributed by atoms with Gasteiger partial charge in [-0.05, 0) is 26.0 Å². The third kappa shape index (κ3) is 2.44. The van der Waals surface area contributed by atoms with Crippen LogP contribution in [0.4, 0.5) is 5.69 Å². The summed E-state index contributed by atoms with van der Waals surface area (Å²) in [4.78, 5) is 5.92. The summed E-state index contributed by atoms with van der Waals surface area (Å²) in [6.45, 7) is 4.56. The number of fused-ring (bicyclic) bond motifs is 1. The number of rotatable bonds is 2. The van der Waals surface area contributed by atoms with Crippen LogP contribution in [0.5, 0.6) is 0 Å². The molecule has 0 saturated carbocycles. The number of aliphatic imine (C=N–C) groups is 1. The van der Waals surface area contributed by atoms with E-state index in [4.69, 9.17) is 5.11 Å². The van der Waals surface area contributed by atoms with E-state index >= 15 is 0 Å². The monoisotopic (exact) mass is 253 g/mol. The maximum Gasteiger partial charge on any atom is 0.0899 e. The molecule has 0 atom stereocenters. The van der Waals surface area contributed by atoms with Gasteiger partial charge in [0.15, 0.2) is 0 Å². The predicted molar refractivity (Wildman–Crippen MR) is 73.0 cm³/mol. The van der Waals surface area contributed by atoms with Crippen molar-refractivity contribution >= 4 is 34.3 Å². The molecule has 86 valence electrons. The lowest BCUT2D eigenvalue weighted by atomic mass is 10.2. The molecule has 0 aliphatic carbocycles. The Hall–Kier alpha value is -0.450. The Labute approximate surface area is 105 Å². The second-order valence-electron chi connectivity index (χ2n) is 4.07. The number of hydrogen-bond acceptors (Lipinski definition) is 4. The van der Waals surface area contributed by atoms with Gasteiger partial charge in [-0.15, -0.1) is 23.5 Å². The van der Waals surface area contributed by atoms with Crippen LogP contribution in [0.2, 0.25) is 0 Å². The average Bonchev–Trinajstić information content (AvgIpc) is 2.25. The first-order chi connectivity index (χ1) is 7.63. The van der Waals surface area contributed by atoms with Gasteiger partial charge in [0.2, 0.25) is 0 Å². The van der Waals surface area contributed by atoms with E-state index in [-0.39, 0.29) is 11.4 Å². The SMILES string of the molecule is CC1(C)Sc2ccccc2N=C1SCCO. The zero-order valence-electron chi connectivity index (χ0n) is 9.43. The van der Waals surface area contributed by atoms with Crippen LogP contribution in [0.15, 0.2) is 34.2 Å². The van der Waals surface area contributed by atoms with Crippen molar-refractivity contribution in [2.45, 2.75) is 23.5 Å². The zero-order chi connectivity index (χ0) is 11.6. The van der Waals surface area contributed by atoms with Crippen molar-refractivity contribution in [3.8, 4) is 0 Å². The molecule has 0 bridgehead atoms. The number of aliphatic hydroxyl groups excluding tert-OH is 1. The second kappa shape index (κ2) is 4.82. The Kier molecular flexibility index (Phi) is 3.62. The standard InChI is InChI=1S/C12H15NOS2/c1-12(2)11(15-8-7-14)13-9-5-3-4-6-10(9)16-12/h3-6,14H,7-8H2,1-2H3. The topological polar surface area (TPSA) is 32.6 Å². The fraction of sp³-hybridized carbons (Fsp3) is 0.417. The normalized spacial score (nSPS) is 17.8. The minimum absolute atomic E-state index is 0.00812. The highest BCUT2D eigenvalue weighted by molar-refractivity contribution is 8.16. The quantitative estimate of drug-likeness (QED) is 0.877. The average molecular weight is 253 g/mol. The Balaban J connectivity index is 2.32. The van der Waals surface area contributed by atoms with Crippen LogP contribution >= 0.6 is 23.5 Å². The van der Waals surface area contributed by atoms with Gasteiger partial charge in [-0.3, -0.25) is 0 Å². The van der Waals surface area contributed by atoms with Gasteiger partial charge < -0.3 is 5.11 Å². The van der Waals surface area contributed by atoms with Crippen molar-refractivity contribution in [2.75, 3.05) is 12.4 Å². The molecule has 1 heterocycles. The number of hydrogen-bond donors (Lipinski definition) is 1. The van der Waals surface area contributed by atoms with Crippen molar-refractivity contribution in [2.24, 2.45) is 4.99 Å². The highest BCUT2D eigenvalue weighted by Crippen LogP contribution is 2.45. The molecule has 2 nitrogen and oxygen atoms in total.